The molecule has 4 rings (SSSR count). The van der Waals surface area contributed by atoms with Gasteiger partial charge in [0.25, 0.3) is 5.91 Å². The van der Waals surface area contributed by atoms with Crippen LogP contribution >= 0.6 is 11.8 Å². The van der Waals surface area contributed by atoms with Crippen molar-refractivity contribution in [1.82, 2.24) is 10.1 Å². The summed E-state index contributed by atoms with van der Waals surface area (Å²) < 4.78 is 5.54. The second kappa shape index (κ2) is 5.47. The van der Waals surface area contributed by atoms with Gasteiger partial charge in [-0.05, 0) is 30.9 Å². The Balaban J connectivity index is 1.66. The van der Waals surface area contributed by atoms with Gasteiger partial charge in [0, 0.05) is 34.9 Å². The smallest absolute Gasteiger partial charge is 0.276 e. The summed E-state index contributed by atoms with van der Waals surface area (Å²) >= 11 is 1.74. The maximum absolute atomic E-state index is 12.7. The first-order valence-corrected chi connectivity index (χ1v) is 8.72. The van der Waals surface area contributed by atoms with E-state index in [1.165, 1.54) is 4.90 Å². The van der Waals surface area contributed by atoms with Gasteiger partial charge in [-0.1, -0.05) is 24.2 Å². The first kappa shape index (κ1) is 13.9. The Kier molecular flexibility index (Phi) is 3.45. The van der Waals surface area contributed by atoms with E-state index in [1.54, 1.807) is 11.8 Å². The molecule has 5 heteroatoms. The zero-order valence-electron chi connectivity index (χ0n) is 12.5. The summed E-state index contributed by atoms with van der Waals surface area (Å²) in [6.07, 6.45) is 2.15. The summed E-state index contributed by atoms with van der Waals surface area (Å²) in [5.41, 5.74) is 2.51. The summed E-state index contributed by atoms with van der Waals surface area (Å²) in [5.74, 6) is 2.25. The van der Waals surface area contributed by atoms with Crippen LogP contribution in [-0.4, -0.2) is 29.1 Å². The van der Waals surface area contributed by atoms with E-state index in [0.29, 0.717) is 11.6 Å². The molecule has 1 aromatic heterocycles. The number of rotatable bonds is 1. The molecule has 0 radical (unpaired) electrons. The van der Waals surface area contributed by atoms with Crippen LogP contribution in [0.5, 0.6) is 0 Å². The zero-order chi connectivity index (χ0) is 15.1. The number of thioether (sulfide) groups is 1. The first-order chi connectivity index (χ1) is 10.7. The van der Waals surface area contributed by atoms with E-state index in [0.717, 1.165) is 48.6 Å². The molecule has 4 nitrogen and oxygen atoms in total. The molecule has 0 unspecified atom stereocenters. The molecule has 3 heterocycles. The summed E-state index contributed by atoms with van der Waals surface area (Å²) in [7, 11) is 0. The lowest BCUT2D eigenvalue weighted by atomic mass is 9.98. The quantitative estimate of drug-likeness (QED) is 0.803. The second-order valence-electron chi connectivity index (χ2n) is 6.10. The van der Waals surface area contributed by atoms with E-state index in [9.17, 15) is 4.79 Å². The van der Waals surface area contributed by atoms with E-state index in [-0.39, 0.29) is 5.91 Å². The molecule has 0 aliphatic carbocycles. The molecule has 0 spiro atoms. The number of piperidine rings is 1. The highest BCUT2D eigenvalue weighted by Gasteiger charge is 2.31. The highest BCUT2D eigenvalue weighted by atomic mass is 32.2. The van der Waals surface area contributed by atoms with Gasteiger partial charge in [0.15, 0.2) is 11.5 Å². The van der Waals surface area contributed by atoms with E-state index in [2.05, 4.69) is 18.1 Å². The van der Waals surface area contributed by atoms with Gasteiger partial charge in [-0.25, -0.2) is 0 Å². The molecule has 0 N–H and O–H groups in total. The van der Waals surface area contributed by atoms with Crippen molar-refractivity contribution in [1.29, 1.82) is 0 Å². The maximum atomic E-state index is 12.7. The van der Waals surface area contributed by atoms with Crippen molar-refractivity contribution >= 4 is 17.7 Å². The van der Waals surface area contributed by atoms with Crippen molar-refractivity contribution in [3.8, 4) is 11.3 Å². The SMILES string of the molecule is CC1CCN(C(=O)c2noc3c2CSc2ccccc2-3)CC1. The number of carbonyl (C=O) groups excluding carboxylic acids is 1. The molecule has 2 aliphatic rings. The van der Waals surface area contributed by atoms with Gasteiger partial charge in [0.2, 0.25) is 0 Å². The van der Waals surface area contributed by atoms with Crippen molar-refractivity contribution in [2.45, 2.75) is 30.4 Å². The lowest BCUT2D eigenvalue weighted by Crippen LogP contribution is -2.38. The molecule has 1 fully saturated rings. The molecule has 1 amide bonds. The highest BCUT2D eigenvalue weighted by molar-refractivity contribution is 7.98. The van der Waals surface area contributed by atoms with E-state index < -0.39 is 0 Å². The van der Waals surface area contributed by atoms with E-state index in [1.807, 2.05) is 23.1 Å². The predicted octanol–water partition coefficient (Wildman–Crippen LogP) is 3.82. The average molecular weight is 314 g/mol. The fraction of sp³-hybridized carbons (Fsp3) is 0.412. The third kappa shape index (κ3) is 2.24. The van der Waals surface area contributed by atoms with Crippen LogP contribution in [-0.2, 0) is 5.75 Å². The summed E-state index contributed by atoms with van der Waals surface area (Å²) in [6.45, 7) is 3.89. The Morgan fingerprint density at radius 3 is 2.91 bits per heavy atom. The maximum Gasteiger partial charge on any atom is 0.276 e. The first-order valence-electron chi connectivity index (χ1n) is 7.74. The second-order valence-corrected chi connectivity index (χ2v) is 7.12. The van der Waals surface area contributed by atoms with Gasteiger partial charge >= 0.3 is 0 Å². The number of carbonyl (C=O) groups is 1. The molecule has 0 saturated carbocycles. The molecular formula is C17H18N2O2S. The third-order valence-corrected chi connectivity index (χ3v) is 5.67. The lowest BCUT2D eigenvalue weighted by Gasteiger charge is -2.29. The molecule has 2 aliphatic heterocycles. The van der Waals surface area contributed by atoms with Crippen molar-refractivity contribution in [2.75, 3.05) is 13.1 Å². The number of hydrogen-bond acceptors (Lipinski definition) is 4. The highest BCUT2D eigenvalue weighted by Crippen LogP contribution is 2.42. The molecule has 0 atom stereocenters. The number of likely N-dealkylation sites (tertiary alicyclic amines) is 1. The van der Waals surface area contributed by atoms with Crippen LogP contribution in [0.3, 0.4) is 0 Å². The molecule has 114 valence electrons. The standard InChI is InChI=1S/C17H18N2O2S/c1-11-6-8-19(9-7-11)17(20)15-13-10-22-14-5-3-2-4-12(14)16(13)21-18-15/h2-5,11H,6-10H2,1H3. The Bertz CT molecular complexity index is 717. The van der Waals surface area contributed by atoms with Crippen LogP contribution in [0.1, 0.15) is 35.8 Å². The van der Waals surface area contributed by atoms with Crippen molar-refractivity contribution in [2.24, 2.45) is 5.92 Å². The van der Waals surface area contributed by atoms with Crippen LogP contribution < -0.4 is 0 Å². The van der Waals surface area contributed by atoms with Crippen LogP contribution in [0.4, 0.5) is 0 Å². The van der Waals surface area contributed by atoms with Crippen LogP contribution in [0, 0.1) is 5.92 Å². The van der Waals surface area contributed by atoms with E-state index in [4.69, 9.17) is 4.52 Å². The number of nitrogens with zero attached hydrogens (tertiary/aromatic N) is 2. The fourth-order valence-electron chi connectivity index (χ4n) is 3.11. The number of amides is 1. The van der Waals surface area contributed by atoms with Gasteiger partial charge in [-0.2, -0.15) is 0 Å². The monoisotopic (exact) mass is 314 g/mol. The Morgan fingerprint density at radius 1 is 1.32 bits per heavy atom. The third-order valence-electron chi connectivity index (χ3n) is 4.57. The Hall–Kier alpha value is -1.75. The normalized spacial score (nSPS) is 18.0. The largest absolute Gasteiger partial charge is 0.355 e. The van der Waals surface area contributed by atoms with Crippen LogP contribution in [0.2, 0.25) is 0 Å². The van der Waals surface area contributed by atoms with Gasteiger partial charge < -0.3 is 9.42 Å². The molecule has 1 aromatic carbocycles. The van der Waals surface area contributed by atoms with E-state index >= 15 is 0 Å². The summed E-state index contributed by atoms with van der Waals surface area (Å²) in [5, 5.41) is 4.11. The lowest BCUT2D eigenvalue weighted by molar-refractivity contribution is 0.0686. The minimum absolute atomic E-state index is 0.0249. The molecule has 1 saturated heterocycles. The number of benzene rings is 1. The molecule has 2 aromatic rings. The predicted molar refractivity (Wildman–Crippen MR) is 85.8 cm³/mol. The minimum Gasteiger partial charge on any atom is -0.355 e. The average Bonchev–Trinajstić information content (AvgIpc) is 2.99. The summed E-state index contributed by atoms with van der Waals surface area (Å²) in [4.78, 5) is 15.9. The van der Waals surface area contributed by atoms with Crippen molar-refractivity contribution < 1.29 is 9.32 Å². The van der Waals surface area contributed by atoms with Crippen molar-refractivity contribution in [3.05, 3.63) is 35.5 Å². The minimum atomic E-state index is 0.0249. The Morgan fingerprint density at radius 2 is 2.09 bits per heavy atom. The van der Waals surface area contributed by atoms with Gasteiger partial charge in [0.05, 0.1) is 0 Å². The number of hydrogen-bond donors (Lipinski definition) is 0. The topological polar surface area (TPSA) is 46.3 Å². The van der Waals surface area contributed by atoms with Crippen LogP contribution in [0.15, 0.2) is 33.7 Å². The zero-order valence-corrected chi connectivity index (χ0v) is 13.4. The van der Waals surface area contributed by atoms with Gasteiger partial charge in [0.1, 0.15) is 0 Å². The van der Waals surface area contributed by atoms with Gasteiger partial charge in [-0.3, -0.25) is 4.79 Å². The molecular weight excluding hydrogens is 296 g/mol. The summed E-state index contributed by atoms with van der Waals surface area (Å²) in [6, 6.07) is 8.13. The van der Waals surface area contributed by atoms with Crippen LogP contribution in [0.25, 0.3) is 11.3 Å². The Labute approximate surface area is 133 Å². The molecule has 0 bridgehead atoms. The van der Waals surface area contributed by atoms with Crippen molar-refractivity contribution in [3.63, 3.8) is 0 Å². The molecule has 22 heavy (non-hydrogen) atoms. The number of fused-ring (bicyclic) bond motifs is 3. The fourth-order valence-corrected chi connectivity index (χ4v) is 4.17. The van der Waals surface area contributed by atoms with Gasteiger partial charge in [-0.15, -0.1) is 11.8 Å². The number of aromatic nitrogens is 1.